The summed E-state index contributed by atoms with van der Waals surface area (Å²) in [6.07, 6.45) is 8.04. The summed E-state index contributed by atoms with van der Waals surface area (Å²) in [6, 6.07) is 7.21. The first-order chi connectivity index (χ1) is 8.81. The van der Waals surface area contributed by atoms with Crippen LogP contribution < -0.4 is 10.1 Å². The number of fused-ring (bicyclic) bond motifs is 1. The van der Waals surface area contributed by atoms with Crippen molar-refractivity contribution in [1.82, 2.24) is 5.32 Å². The number of benzene rings is 1. The summed E-state index contributed by atoms with van der Waals surface area (Å²) in [5.41, 5.74) is 2.74. The minimum atomic E-state index is 0.386. The highest BCUT2D eigenvalue weighted by Crippen LogP contribution is 2.31. The fourth-order valence-corrected chi connectivity index (χ4v) is 3.20. The molecule has 18 heavy (non-hydrogen) atoms. The molecule has 2 nitrogen and oxygen atoms in total. The number of rotatable bonds is 2. The molecule has 0 amide bonds. The second-order valence-electron chi connectivity index (χ2n) is 5.79. The summed E-state index contributed by atoms with van der Waals surface area (Å²) >= 11 is 0. The first kappa shape index (κ1) is 12.0. The van der Waals surface area contributed by atoms with Crippen LogP contribution in [0.3, 0.4) is 0 Å². The number of hydrogen-bond acceptors (Lipinski definition) is 2. The molecule has 1 aromatic carbocycles. The zero-order valence-electron chi connectivity index (χ0n) is 11.2. The van der Waals surface area contributed by atoms with E-state index in [4.69, 9.17) is 4.74 Å². The second kappa shape index (κ2) is 5.31. The molecule has 2 heterocycles. The van der Waals surface area contributed by atoms with Gasteiger partial charge < -0.3 is 10.1 Å². The van der Waals surface area contributed by atoms with Gasteiger partial charge in [0.05, 0.1) is 0 Å². The minimum Gasteiger partial charge on any atom is -0.490 e. The van der Waals surface area contributed by atoms with Crippen LogP contribution in [-0.2, 0) is 6.42 Å². The van der Waals surface area contributed by atoms with E-state index in [1.165, 1.54) is 43.4 Å². The Morgan fingerprint density at radius 1 is 1.28 bits per heavy atom. The molecule has 0 aromatic heterocycles. The maximum absolute atomic E-state index is 6.07. The van der Waals surface area contributed by atoms with Crippen molar-refractivity contribution in [2.75, 3.05) is 6.54 Å². The number of nitrogens with one attached hydrogen (secondary N) is 1. The van der Waals surface area contributed by atoms with Gasteiger partial charge in [0.15, 0.2) is 0 Å². The van der Waals surface area contributed by atoms with Crippen molar-refractivity contribution in [3.8, 4) is 5.75 Å². The summed E-state index contributed by atoms with van der Waals surface area (Å²) in [6.45, 7) is 3.34. The molecular formula is C16H23NO. The van der Waals surface area contributed by atoms with Gasteiger partial charge in [-0.2, -0.15) is 0 Å². The Morgan fingerprint density at radius 2 is 2.22 bits per heavy atom. The zero-order valence-corrected chi connectivity index (χ0v) is 11.2. The lowest BCUT2D eigenvalue weighted by Crippen LogP contribution is -2.33. The van der Waals surface area contributed by atoms with E-state index in [1.807, 2.05) is 0 Å². The Bertz CT molecular complexity index is 408. The van der Waals surface area contributed by atoms with Crippen LogP contribution >= 0.6 is 0 Å². The van der Waals surface area contributed by atoms with Gasteiger partial charge in [-0.15, -0.1) is 0 Å². The second-order valence-corrected chi connectivity index (χ2v) is 5.79. The molecule has 1 N–H and O–H groups in total. The van der Waals surface area contributed by atoms with Crippen LogP contribution in [0.4, 0.5) is 0 Å². The smallest absolute Gasteiger partial charge is 0.123 e. The van der Waals surface area contributed by atoms with Crippen molar-refractivity contribution < 1.29 is 4.74 Å². The average molecular weight is 245 g/mol. The molecule has 0 bridgehead atoms. The highest BCUT2D eigenvalue weighted by Gasteiger charge is 2.26. The van der Waals surface area contributed by atoms with E-state index in [9.17, 15) is 0 Å². The van der Waals surface area contributed by atoms with Gasteiger partial charge in [-0.1, -0.05) is 30.5 Å². The first-order valence-electron chi connectivity index (χ1n) is 7.31. The molecule has 0 radical (unpaired) electrons. The highest BCUT2D eigenvalue weighted by atomic mass is 16.5. The third-order valence-corrected chi connectivity index (χ3v) is 4.17. The van der Waals surface area contributed by atoms with Crippen LogP contribution in [0.25, 0.3) is 0 Å². The molecule has 1 fully saturated rings. The van der Waals surface area contributed by atoms with Crippen molar-refractivity contribution >= 4 is 0 Å². The molecule has 0 saturated carbocycles. The first-order valence-corrected chi connectivity index (χ1v) is 7.31. The normalized spacial score (nSPS) is 27.4. The third kappa shape index (κ3) is 2.69. The minimum absolute atomic E-state index is 0.386. The van der Waals surface area contributed by atoms with Crippen molar-refractivity contribution in [2.45, 2.75) is 57.6 Å². The standard InChI is InChI=1S/C16H23NO/c1-12-6-7-16-13(9-12)10-15(18-16)11-14-5-3-2-4-8-17-14/h6-7,9,14-15,17H,2-5,8,10-11H2,1H3. The lowest BCUT2D eigenvalue weighted by atomic mass is 10.00. The van der Waals surface area contributed by atoms with Crippen LogP contribution in [0.15, 0.2) is 18.2 Å². The van der Waals surface area contributed by atoms with Crippen molar-refractivity contribution in [3.63, 3.8) is 0 Å². The van der Waals surface area contributed by atoms with E-state index in [2.05, 4.69) is 30.4 Å². The summed E-state index contributed by atoms with van der Waals surface area (Å²) < 4.78 is 6.07. The maximum Gasteiger partial charge on any atom is 0.123 e. The van der Waals surface area contributed by atoms with Crippen molar-refractivity contribution in [1.29, 1.82) is 0 Å². The molecule has 0 aliphatic carbocycles. The lowest BCUT2D eigenvalue weighted by Gasteiger charge is -2.19. The largest absolute Gasteiger partial charge is 0.490 e. The predicted octanol–water partition coefficient (Wildman–Crippen LogP) is 3.22. The summed E-state index contributed by atoms with van der Waals surface area (Å²) in [5, 5.41) is 3.67. The summed E-state index contributed by atoms with van der Waals surface area (Å²) in [4.78, 5) is 0. The number of ether oxygens (including phenoxy) is 1. The quantitative estimate of drug-likeness (QED) is 0.864. The SMILES string of the molecule is Cc1ccc2c(c1)CC(CC1CCCCCN1)O2. The fraction of sp³-hybridized carbons (Fsp3) is 0.625. The number of hydrogen-bond donors (Lipinski definition) is 1. The lowest BCUT2D eigenvalue weighted by molar-refractivity contribution is 0.200. The molecule has 2 atom stereocenters. The Morgan fingerprint density at radius 3 is 3.17 bits per heavy atom. The van der Waals surface area contributed by atoms with Gasteiger partial charge >= 0.3 is 0 Å². The van der Waals surface area contributed by atoms with Gasteiger partial charge in [0, 0.05) is 12.5 Å². The molecule has 2 aliphatic heterocycles. The molecule has 2 unspecified atom stereocenters. The van der Waals surface area contributed by atoms with Crippen molar-refractivity contribution in [3.05, 3.63) is 29.3 Å². The van der Waals surface area contributed by atoms with Crippen LogP contribution in [0.5, 0.6) is 5.75 Å². The molecule has 2 aliphatic rings. The van der Waals surface area contributed by atoms with E-state index in [-0.39, 0.29) is 0 Å². The highest BCUT2D eigenvalue weighted by molar-refractivity contribution is 5.40. The van der Waals surface area contributed by atoms with E-state index >= 15 is 0 Å². The van der Waals surface area contributed by atoms with Gasteiger partial charge in [0.25, 0.3) is 0 Å². The predicted molar refractivity (Wildman–Crippen MR) is 74.2 cm³/mol. The molecule has 2 heteroatoms. The van der Waals surface area contributed by atoms with E-state index in [0.717, 1.165) is 18.6 Å². The van der Waals surface area contributed by atoms with Gasteiger partial charge in [-0.3, -0.25) is 0 Å². The zero-order chi connectivity index (χ0) is 12.4. The molecule has 3 rings (SSSR count). The van der Waals surface area contributed by atoms with Gasteiger partial charge in [0.2, 0.25) is 0 Å². The molecular weight excluding hydrogens is 222 g/mol. The Hall–Kier alpha value is -1.02. The Balaban J connectivity index is 1.60. The third-order valence-electron chi connectivity index (χ3n) is 4.17. The fourth-order valence-electron chi connectivity index (χ4n) is 3.20. The van der Waals surface area contributed by atoms with Crippen LogP contribution in [0.2, 0.25) is 0 Å². The molecule has 98 valence electrons. The summed E-state index contributed by atoms with van der Waals surface area (Å²) in [5.74, 6) is 1.11. The molecule has 1 saturated heterocycles. The van der Waals surface area contributed by atoms with Crippen LogP contribution in [0.1, 0.15) is 43.2 Å². The topological polar surface area (TPSA) is 21.3 Å². The van der Waals surface area contributed by atoms with E-state index in [1.54, 1.807) is 0 Å². The Kier molecular flexibility index (Phi) is 3.55. The van der Waals surface area contributed by atoms with Crippen LogP contribution in [0, 0.1) is 6.92 Å². The average Bonchev–Trinajstić information content (AvgIpc) is 2.57. The summed E-state index contributed by atoms with van der Waals surface area (Å²) in [7, 11) is 0. The monoisotopic (exact) mass is 245 g/mol. The van der Waals surface area contributed by atoms with Crippen molar-refractivity contribution in [2.24, 2.45) is 0 Å². The molecule has 1 aromatic rings. The van der Waals surface area contributed by atoms with Gasteiger partial charge in [0.1, 0.15) is 11.9 Å². The van der Waals surface area contributed by atoms with E-state index in [0.29, 0.717) is 12.1 Å². The van der Waals surface area contributed by atoms with Gasteiger partial charge in [-0.05, 0) is 44.4 Å². The van der Waals surface area contributed by atoms with Crippen LogP contribution in [-0.4, -0.2) is 18.7 Å². The van der Waals surface area contributed by atoms with Gasteiger partial charge in [-0.25, -0.2) is 0 Å². The molecule has 0 spiro atoms. The van der Waals surface area contributed by atoms with E-state index < -0.39 is 0 Å². The Labute approximate surface area is 110 Å². The number of aryl methyl sites for hydroxylation is 1. The maximum atomic E-state index is 6.07.